The van der Waals surface area contributed by atoms with Crippen molar-refractivity contribution in [1.29, 1.82) is 5.26 Å². The van der Waals surface area contributed by atoms with Crippen molar-refractivity contribution in [2.45, 2.75) is 19.9 Å². The van der Waals surface area contributed by atoms with Crippen LogP contribution in [0.25, 0.3) is 0 Å². The quantitative estimate of drug-likeness (QED) is 0.907. The van der Waals surface area contributed by atoms with Crippen molar-refractivity contribution >= 4 is 11.6 Å². The second kappa shape index (κ2) is 7.09. The third-order valence-electron chi connectivity index (χ3n) is 3.77. The average molecular weight is 286 g/mol. The summed E-state index contributed by atoms with van der Waals surface area (Å²) in [6, 6.07) is 8.16. The molecular weight excluding hydrogens is 264 g/mol. The largest absolute Gasteiger partial charge is 0.361 e. The molecule has 2 rings (SSSR count). The zero-order valence-corrected chi connectivity index (χ0v) is 12.7. The number of nitrogens with zero attached hydrogens (tertiary/aromatic N) is 3. The molecule has 1 aromatic rings. The number of hydrogen-bond donors (Lipinski definition) is 1. The first-order valence-corrected chi connectivity index (χ1v) is 7.38. The Balaban J connectivity index is 2.22. The van der Waals surface area contributed by atoms with Crippen molar-refractivity contribution in [2.75, 3.05) is 38.1 Å². The third-order valence-corrected chi connectivity index (χ3v) is 3.77. The highest BCUT2D eigenvalue weighted by atomic mass is 16.2. The predicted octanol–water partition coefficient (Wildman–Crippen LogP) is 1.34. The van der Waals surface area contributed by atoms with Crippen LogP contribution in [0.1, 0.15) is 24.5 Å². The SMILES string of the molecule is CCNCc1ccc(N2CCCN(C)C(=O)C2)c(C#N)c1. The molecule has 0 unspecified atom stereocenters. The maximum absolute atomic E-state index is 12.0. The molecule has 1 amide bonds. The van der Waals surface area contributed by atoms with Gasteiger partial charge in [-0.25, -0.2) is 0 Å². The maximum atomic E-state index is 12.0. The summed E-state index contributed by atoms with van der Waals surface area (Å²) >= 11 is 0. The van der Waals surface area contributed by atoms with E-state index in [1.165, 1.54) is 0 Å². The first-order chi connectivity index (χ1) is 10.2. The molecule has 1 aliphatic heterocycles. The fourth-order valence-electron chi connectivity index (χ4n) is 2.52. The number of amides is 1. The number of carbonyl (C=O) groups is 1. The van der Waals surface area contributed by atoms with E-state index < -0.39 is 0 Å². The maximum Gasteiger partial charge on any atom is 0.241 e. The zero-order chi connectivity index (χ0) is 15.2. The molecule has 0 aliphatic carbocycles. The van der Waals surface area contributed by atoms with Gasteiger partial charge >= 0.3 is 0 Å². The molecular formula is C16H22N4O. The Morgan fingerprint density at radius 1 is 1.38 bits per heavy atom. The van der Waals surface area contributed by atoms with Crippen LogP contribution in [0.5, 0.6) is 0 Å². The highest BCUT2D eigenvalue weighted by Gasteiger charge is 2.21. The van der Waals surface area contributed by atoms with Gasteiger partial charge in [0, 0.05) is 26.7 Å². The van der Waals surface area contributed by atoms with E-state index in [4.69, 9.17) is 0 Å². The molecule has 1 heterocycles. The number of rotatable bonds is 4. The van der Waals surface area contributed by atoms with Crippen LogP contribution in [0.3, 0.4) is 0 Å². The summed E-state index contributed by atoms with van der Waals surface area (Å²) in [4.78, 5) is 15.8. The minimum Gasteiger partial charge on any atom is -0.361 e. The topological polar surface area (TPSA) is 59.4 Å². The number of nitriles is 1. The first kappa shape index (κ1) is 15.3. The standard InChI is InChI=1S/C16H22N4O/c1-3-18-11-13-5-6-15(14(9-13)10-17)20-8-4-7-19(2)16(21)12-20/h5-6,9,18H,3-4,7-8,11-12H2,1-2H3. The van der Waals surface area contributed by atoms with E-state index >= 15 is 0 Å². The third kappa shape index (κ3) is 3.73. The van der Waals surface area contributed by atoms with Gasteiger partial charge in [-0.05, 0) is 30.7 Å². The van der Waals surface area contributed by atoms with Gasteiger partial charge in [0.15, 0.2) is 0 Å². The van der Waals surface area contributed by atoms with Crippen LogP contribution in [0.4, 0.5) is 5.69 Å². The van der Waals surface area contributed by atoms with E-state index in [2.05, 4.69) is 18.3 Å². The van der Waals surface area contributed by atoms with Gasteiger partial charge in [-0.2, -0.15) is 5.26 Å². The van der Waals surface area contributed by atoms with Crippen molar-refractivity contribution in [3.63, 3.8) is 0 Å². The number of hydrogen-bond acceptors (Lipinski definition) is 4. The van der Waals surface area contributed by atoms with E-state index in [0.717, 1.165) is 43.9 Å². The molecule has 1 aliphatic rings. The van der Waals surface area contributed by atoms with Crippen LogP contribution >= 0.6 is 0 Å². The smallest absolute Gasteiger partial charge is 0.241 e. The van der Waals surface area contributed by atoms with E-state index in [1.807, 2.05) is 30.1 Å². The Hall–Kier alpha value is -2.06. The lowest BCUT2D eigenvalue weighted by atomic mass is 10.1. The molecule has 1 aromatic carbocycles. The van der Waals surface area contributed by atoms with Gasteiger partial charge in [-0.3, -0.25) is 4.79 Å². The molecule has 0 atom stereocenters. The lowest BCUT2D eigenvalue weighted by Crippen LogP contribution is -2.34. The van der Waals surface area contributed by atoms with Crippen molar-refractivity contribution < 1.29 is 4.79 Å². The average Bonchev–Trinajstić information content (AvgIpc) is 2.66. The molecule has 0 bridgehead atoms. The molecule has 21 heavy (non-hydrogen) atoms. The van der Waals surface area contributed by atoms with E-state index in [-0.39, 0.29) is 5.91 Å². The number of anilines is 1. The lowest BCUT2D eigenvalue weighted by molar-refractivity contribution is -0.127. The van der Waals surface area contributed by atoms with Gasteiger partial charge in [0.05, 0.1) is 17.8 Å². The molecule has 0 aromatic heterocycles. The second-order valence-corrected chi connectivity index (χ2v) is 5.33. The van der Waals surface area contributed by atoms with E-state index in [0.29, 0.717) is 12.1 Å². The Morgan fingerprint density at radius 3 is 2.90 bits per heavy atom. The molecule has 0 saturated carbocycles. The fourth-order valence-corrected chi connectivity index (χ4v) is 2.52. The molecule has 112 valence electrons. The summed E-state index contributed by atoms with van der Waals surface area (Å²) < 4.78 is 0. The summed E-state index contributed by atoms with van der Waals surface area (Å²) in [7, 11) is 1.83. The van der Waals surface area contributed by atoms with Gasteiger partial charge < -0.3 is 15.1 Å². The van der Waals surface area contributed by atoms with Crippen molar-refractivity contribution in [3.05, 3.63) is 29.3 Å². The predicted molar refractivity (Wildman–Crippen MR) is 83.0 cm³/mol. The second-order valence-electron chi connectivity index (χ2n) is 5.33. The minimum atomic E-state index is 0.105. The van der Waals surface area contributed by atoms with Crippen LogP contribution in [0, 0.1) is 11.3 Å². The van der Waals surface area contributed by atoms with Crippen LogP contribution < -0.4 is 10.2 Å². The molecule has 0 spiro atoms. The molecule has 1 fully saturated rings. The normalized spacial score (nSPS) is 15.8. The molecule has 1 N–H and O–H groups in total. The summed E-state index contributed by atoms with van der Waals surface area (Å²) in [5.41, 5.74) is 2.60. The zero-order valence-electron chi connectivity index (χ0n) is 12.7. The van der Waals surface area contributed by atoms with Crippen LogP contribution in [-0.4, -0.2) is 44.0 Å². The Kier molecular flexibility index (Phi) is 5.18. The number of likely N-dealkylation sites (N-methyl/N-ethyl adjacent to an activating group) is 1. The van der Waals surface area contributed by atoms with Crippen LogP contribution in [0.15, 0.2) is 18.2 Å². The lowest BCUT2D eigenvalue weighted by Gasteiger charge is -2.23. The van der Waals surface area contributed by atoms with Gasteiger partial charge in [-0.1, -0.05) is 13.0 Å². The first-order valence-electron chi connectivity index (χ1n) is 7.38. The van der Waals surface area contributed by atoms with Crippen molar-refractivity contribution in [2.24, 2.45) is 0 Å². The molecule has 5 nitrogen and oxygen atoms in total. The van der Waals surface area contributed by atoms with Gasteiger partial charge in [0.2, 0.25) is 5.91 Å². The minimum absolute atomic E-state index is 0.105. The van der Waals surface area contributed by atoms with Crippen molar-refractivity contribution in [3.8, 4) is 6.07 Å². The monoisotopic (exact) mass is 286 g/mol. The molecule has 1 saturated heterocycles. The highest BCUT2D eigenvalue weighted by molar-refractivity contribution is 5.82. The van der Waals surface area contributed by atoms with Gasteiger partial charge in [0.1, 0.15) is 6.07 Å². The number of carbonyl (C=O) groups excluding carboxylic acids is 1. The van der Waals surface area contributed by atoms with E-state index in [9.17, 15) is 10.1 Å². The Labute approximate surface area is 126 Å². The van der Waals surface area contributed by atoms with Crippen LogP contribution in [0.2, 0.25) is 0 Å². The number of nitrogens with one attached hydrogen (secondary N) is 1. The fraction of sp³-hybridized carbons (Fsp3) is 0.500. The molecule has 5 heteroatoms. The highest BCUT2D eigenvalue weighted by Crippen LogP contribution is 2.23. The van der Waals surface area contributed by atoms with Gasteiger partial charge in [0.25, 0.3) is 0 Å². The van der Waals surface area contributed by atoms with Gasteiger partial charge in [-0.15, -0.1) is 0 Å². The Bertz CT molecular complexity index is 550. The summed E-state index contributed by atoms with van der Waals surface area (Å²) in [6.07, 6.45) is 0.923. The molecule has 0 radical (unpaired) electrons. The van der Waals surface area contributed by atoms with E-state index in [1.54, 1.807) is 4.90 Å². The Morgan fingerprint density at radius 2 is 2.19 bits per heavy atom. The van der Waals surface area contributed by atoms with Crippen molar-refractivity contribution in [1.82, 2.24) is 10.2 Å². The summed E-state index contributed by atoms with van der Waals surface area (Å²) in [5, 5.41) is 12.6. The summed E-state index contributed by atoms with van der Waals surface area (Å²) in [6.45, 7) is 5.63. The van der Waals surface area contributed by atoms with Crippen LogP contribution in [-0.2, 0) is 11.3 Å². The summed E-state index contributed by atoms with van der Waals surface area (Å²) in [5.74, 6) is 0.105. The number of benzene rings is 1.